The summed E-state index contributed by atoms with van der Waals surface area (Å²) in [4.78, 5) is 28.5. The normalized spacial score (nSPS) is 23.0. The van der Waals surface area contributed by atoms with Crippen molar-refractivity contribution < 1.29 is 49.1 Å². The first-order valence-corrected chi connectivity index (χ1v) is 5.67. The topological polar surface area (TPSA) is 96.7 Å². The molecule has 8 heteroatoms. The van der Waals surface area contributed by atoms with Gasteiger partial charge in [0.15, 0.2) is 0 Å². The van der Waals surface area contributed by atoms with Crippen LogP contribution in [0.5, 0.6) is 0 Å². The van der Waals surface area contributed by atoms with Crippen molar-refractivity contribution in [3.05, 3.63) is 0 Å². The maximum Gasteiger partial charge on any atom is 1.00 e. The molecule has 7 nitrogen and oxygen atoms in total. The average molecular weight is 277 g/mol. The second kappa shape index (κ2) is 8.51. The van der Waals surface area contributed by atoms with Crippen molar-refractivity contribution in [1.29, 1.82) is 5.26 Å². The quantitative estimate of drug-likeness (QED) is 0.379. The number of hydrogen-bond acceptors (Lipinski definition) is 6. The van der Waals surface area contributed by atoms with Crippen LogP contribution in [-0.2, 0) is 14.4 Å². The van der Waals surface area contributed by atoms with E-state index in [9.17, 15) is 14.7 Å². The van der Waals surface area contributed by atoms with Gasteiger partial charge < -0.3 is 9.90 Å². The van der Waals surface area contributed by atoms with Crippen LogP contribution >= 0.6 is 0 Å². The van der Waals surface area contributed by atoms with Crippen molar-refractivity contribution in [2.45, 2.75) is 31.8 Å². The van der Waals surface area contributed by atoms with Gasteiger partial charge in [0.25, 0.3) is 0 Å². The molecule has 1 amide bonds. The molecule has 2 atom stereocenters. The Morgan fingerprint density at radius 2 is 2.16 bits per heavy atom. The van der Waals surface area contributed by atoms with Crippen LogP contribution < -0.4 is 34.7 Å². The van der Waals surface area contributed by atoms with Gasteiger partial charge in [-0.15, -0.1) is 0 Å². The summed E-state index contributed by atoms with van der Waals surface area (Å²) in [5.74, 6) is -1.48. The van der Waals surface area contributed by atoms with Crippen molar-refractivity contribution in [1.82, 2.24) is 9.96 Å². The zero-order valence-electron chi connectivity index (χ0n) is 11.5. The van der Waals surface area contributed by atoms with Crippen LogP contribution in [0.1, 0.15) is 19.8 Å². The minimum atomic E-state index is -1.23. The Morgan fingerprint density at radius 3 is 2.58 bits per heavy atom. The Kier molecular flexibility index (Phi) is 8.22. The number of piperidine rings is 1. The monoisotopic (exact) mass is 277 g/mol. The molecule has 0 spiro atoms. The fourth-order valence-electron chi connectivity index (χ4n) is 2.23. The molecule has 1 heterocycles. The van der Waals surface area contributed by atoms with Crippen LogP contribution in [0.15, 0.2) is 0 Å². The Balaban J connectivity index is 0.00000324. The van der Waals surface area contributed by atoms with E-state index in [1.165, 1.54) is 24.0 Å². The van der Waals surface area contributed by atoms with E-state index < -0.39 is 12.0 Å². The average Bonchev–Trinajstić information content (AvgIpc) is 2.29. The summed E-state index contributed by atoms with van der Waals surface area (Å²) >= 11 is 0. The van der Waals surface area contributed by atoms with Gasteiger partial charge in [-0.3, -0.25) is 14.5 Å². The number of carbonyl (C=O) groups is 2. The molecule has 0 aromatic rings. The molecule has 0 saturated carbocycles. The van der Waals surface area contributed by atoms with E-state index in [0.717, 1.165) is 0 Å². The smallest absolute Gasteiger partial charge is 0.549 e. The van der Waals surface area contributed by atoms with Crippen molar-refractivity contribution in [3.63, 3.8) is 0 Å². The van der Waals surface area contributed by atoms with E-state index in [1.807, 2.05) is 0 Å². The zero-order valence-corrected chi connectivity index (χ0v) is 13.5. The van der Waals surface area contributed by atoms with E-state index in [1.54, 1.807) is 0 Å². The van der Waals surface area contributed by atoms with Gasteiger partial charge in [-0.05, 0) is 12.8 Å². The Labute approximate surface area is 134 Å². The number of nitrogens with zero attached hydrogens (tertiary/aromatic N) is 3. The van der Waals surface area contributed by atoms with Crippen LogP contribution in [0.2, 0.25) is 0 Å². The van der Waals surface area contributed by atoms with Gasteiger partial charge in [-0.1, -0.05) is 0 Å². The molecule has 0 aromatic carbocycles. The van der Waals surface area contributed by atoms with Crippen molar-refractivity contribution in [2.24, 2.45) is 0 Å². The summed E-state index contributed by atoms with van der Waals surface area (Å²) in [6.45, 7) is 1.35. The van der Waals surface area contributed by atoms with Crippen LogP contribution in [0.3, 0.4) is 0 Å². The minimum absolute atomic E-state index is 0. The number of rotatable bonds is 4. The largest absolute Gasteiger partial charge is 1.00 e. The zero-order chi connectivity index (χ0) is 13.7. The molecule has 1 aliphatic rings. The SMILES string of the molecule is CON(C(C)=O)[C@@H]1CC[C@@H](C#N)N(CC(=O)[O-])C1.[Na+]. The fourth-order valence-corrected chi connectivity index (χ4v) is 2.23. The van der Waals surface area contributed by atoms with Gasteiger partial charge in [-0.2, -0.15) is 5.26 Å². The fraction of sp³-hybridized carbons (Fsp3) is 0.727. The first-order chi connectivity index (χ1) is 8.49. The van der Waals surface area contributed by atoms with E-state index in [4.69, 9.17) is 10.1 Å². The van der Waals surface area contributed by atoms with Crippen molar-refractivity contribution in [3.8, 4) is 6.07 Å². The van der Waals surface area contributed by atoms with E-state index >= 15 is 0 Å². The summed E-state index contributed by atoms with van der Waals surface area (Å²) in [6.07, 6.45) is 1.11. The number of carboxylic acids is 1. The molecule has 0 aromatic heterocycles. The second-order valence-corrected chi connectivity index (χ2v) is 4.20. The molecule has 100 valence electrons. The molecule has 0 aliphatic carbocycles. The maximum atomic E-state index is 11.3. The molecule has 1 fully saturated rings. The van der Waals surface area contributed by atoms with E-state index in [2.05, 4.69) is 6.07 Å². The third kappa shape index (κ3) is 5.09. The standard InChI is InChI=1S/C11H17N3O4.Na/c1-8(15)14(18-2)10-4-3-9(5-12)13(6-10)7-11(16)17;/h9-10H,3-4,6-7H2,1-2H3,(H,16,17);/q;+1/p-1/t9-,10+;/m0./s1. The van der Waals surface area contributed by atoms with Gasteiger partial charge in [-0.25, -0.2) is 5.06 Å². The molecule has 1 saturated heterocycles. The van der Waals surface area contributed by atoms with Crippen LogP contribution in [0.25, 0.3) is 0 Å². The summed E-state index contributed by atoms with van der Waals surface area (Å²) in [5.41, 5.74) is 0. The molecule has 0 radical (unpaired) electrons. The summed E-state index contributed by atoms with van der Waals surface area (Å²) in [7, 11) is 1.39. The first-order valence-electron chi connectivity index (χ1n) is 5.67. The van der Waals surface area contributed by atoms with Crippen molar-refractivity contribution >= 4 is 11.9 Å². The van der Waals surface area contributed by atoms with Gasteiger partial charge in [0.1, 0.15) is 0 Å². The minimum Gasteiger partial charge on any atom is -0.549 e. The number of nitriles is 1. The predicted molar refractivity (Wildman–Crippen MR) is 58.5 cm³/mol. The van der Waals surface area contributed by atoms with Crippen LogP contribution in [0.4, 0.5) is 0 Å². The Morgan fingerprint density at radius 1 is 1.53 bits per heavy atom. The van der Waals surface area contributed by atoms with Gasteiger partial charge in [0, 0.05) is 20.0 Å². The third-order valence-corrected chi connectivity index (χ3v) is 2.98. The Bertz CT molecular complexity index is 371. The number of carboxylic acid groups (broad SMARTS) is 1. The van der Waals surface area contributed by atoms with Gasteiger partial charge >= 0.3 is 29.6 Å². The number of aliphatic carboxylic acids is 1. The number of hydrogen-bond donors (Lipinski definition) is 0. The summed E-state index contributed by atoms with van der Waals surface area (Å²) < 4.78 is 0. The second-order valence-electron chi connectivity index (χ2n) is 4.20. The van der Waals surface area contributed by atoms with Gasteiger partial charge in [0.2, 0.25) is 5.91 Å². The van der Waals surface area contributed by atoms with E-state index in [0.29, 0.717) is 19.4 Å². The number of carbonyl (C=O) groups excluding carboxylic acids is 2. The number of likely N-dealkylation sites (tertiary alicyclic amines) is 1. The molecule has 19 heavy (non-hydrogen) atoms. The molecular weight excluding hydrogens is 261 g/mol. The van der Waals surface area contributed by atoms with Crippen LogP contribution in [0, 0.1) is 11.3 Å². The molecule has 0 N–H and O–H groups in total. The molecular formula is C11H16N3NaO4. The molecule has 1 aliphatic heterocycles. The third-order valence-electron chi connectivity index (χ3n) is 2.98. The summed E-state index contributed by atoms with van der Waals surface area (Å²) in [6, 6.07) is 1.36. The van der Waals surface area contributed by atoms with Crippen molar-refractivity contribution in [2.75, 3.05) is 20.2 Å². The molecule has 0 bridgehead atoms. The molecule has 1 rings (SSSR count). The van der Waals surface area contributed by atoms with Gasteiger partial charge in [0.05, 0.1) is 31.2 Å². The van der Waals surface area contributed by atoms with Crippen LogP contribution in [-0.4, -0.2) is 54.1 Å². The summed E-state index contributed by atoms with van der Waals surface area (Å²) in [5, 5.41) is 20.8. The number of hydroxylamine groups is 2. The molecule has 0 unspecified atom stereocenters. The van der Waals surface area contributed by atoms with E-state index in [-0.39, 0.29) is 48.1 Å². The number of amides is 1. The first kappa shape index (κ1) is 18.4. The Hall–Kier alpha value is -0.650. The maximum absolute atomic E-state index is 11.3. The predicted octanol–water partition coefficient (Wildman–Crippen LogP) is -4.49.